The third-order valence-corrected chi connectivity index (χ3v) is 4.19. The topological polar surface area (TPSA) is 45.0 Å². The second-order valence-corrected chi connectivity index (χ2v) is 5.95. The highest BCUT2D eigenvalue weighted by Gasteiger charge is 2.21. The van der Waals surface area contributed by atoms with Gasteiger partial charge in [0.25, 0.3) is 0 Å². The second kappa shape index (κ2) is 8.59. The number of ketones is 1. The SMILES string of the molecule is C#Cc1c(Cl)cc(C(C)=O)c(-c2cccc(F)c2)c1N=NN(CC)CC. The van der Waals surface area contributed by atoms with E-state index in [4.69, 9.17) is 18.0 Å². The van der Waals surface area contributed by atoms with Gasteiger partial charge in [-0.15, -0.1) is 11.5 Å². The summed E-state index contributed by atoms with van der Waals surface area (Å²) in [7, 11) is 0. The molecule has 0 aliphatic rings. The van der Waals surface area contributed by atoms with Crippen LogP contribution in [-0.4, -0.2) is 23.9 Å². The molecule has 2 aromatic rings. The van der Waals surface area contributed by atoms with Crippen LogP contribution in [0.2, 0.25) is 5.02 Å². The monoisotopic (exact) mass is 371 g/mol. The quantitative estimate of drug-likeness (QED) is 0.284. The van der Waals surface area contributed by atoms with Crippen LogP contribution in [0.15, 0.2) is 40.7 Å². The van der Waals surface area contributed by atoms with E-state index in [-0.39, 0.29) is 16.5 Å². The Bertz CT molecular complexity index is 899. The molecule has 0 aliphatic carbocycles. The molecule has 0 unspecified atom stereocenters. The summed E-state index contributed by atoms with van der Waals surface area (Å²) in [6.45, 7) is 6.60. The minimum absolute atomic E-state index is 0.228. The number of halogens is 2. The van der Waals surface area contributed by atoms with Crippen LogP contribution in [0.5, 0.6) is 0 Å². The Labute approximate surface area is 157 Å². The molecule has 4 nitrogen and oxygen atoms in total. The molecule has 2 rings (SSSR count). The minimum Gasteiger partial charge on any atom is -0.294 e. The zero-order valence-corrected chi connectivity index (χ0v) is 15.6. The number of rotatable bonds is 6. The molecule has 26 heavy (non-hydrogen) atoms. The highest BCUT2D eigenvalue weighted by atomic mass is 35.5. The predicted molar refractivity (Wildman–Crippen MR) is 102 cm³/mol. The van der Waals surface area contributed by atoms with Crippen molar-refractivity contribution < 1.29 is 9.18 Å². The van der Waals surface area contributed by atoms with E-state index in [0.29, 0.717) is 35.3 Å². The third kappa shape index (κ3) is 4.09. The lowest BCUT2D eigenvalue weighted by molar-refractivity contribution is 0.101. The zero-order valence-electron chi connectivity index (χ0n) is 14.9. The average molecular weight is 372 g/mol. The van der Waals surface area contributed by atoms with Crippen LogP contribution in [0.4, 0.5) is 10.1 Å². The van der Waals surface area contributed by atoms with Crippen LogP contribution >= 0.6 is 11.6 Å². The first-order valence-corrected chi connectivity index (χ1v) is 8.57. The summed E-state index contributed by atoms with van der Waals surface area (Å²) in [4.78, 5) is 12.2. The zero-order chi connectivity index (χ0) is 19.3. The summed E-state index contributed by atoms with van der Waals surface area (Å²) in [6, 6.07) is 7.40. The van der Waals surface area contributed by atoms with Crippen LogP contribution < -0.4 is 0 Å². The fourth-order valence-corrected chi connectivity index (χ4v) is 2.80. The first-order valence-electron chi connectivity index (χ1n) is 8.19. The molecule has 134 valence electrons. The van der Waals surface area contributed by atoms with Crippen LogP contribution in [0, 0.1) is 18.2 Å². The van der Waals surface area contributed by atoms with Crippen LogP contribution in [0.25, 0.3) is 11.1 Å². The third-order valence-electron chi connectivity index (χ3n) is 3.89. The van der Waals surface area contributed by atoms with Gasteiger partial charge in [-0.1, -0.05) is 34.9 Å². The number of Topliss-reactive ketones (excluding diaryl/α,β-unsaturated/α-hetero) is 1. The van der Waals surface area contributed by atoms with Crippen molar-refractivity contribution in [2.45, 2.75) is 20.8 Å². The number of terminal acetylenes is 1. The number of hydrogen-bond acceptors (Lipinski definition) is 3. The van der Waals surface area contributed by atoms with Crippen molar-refractivity contribution >= 4 is 23.1 Å². The molecular weight excluding hydrogens is 353 g/mol. The molecule has 6 heteroatoms. The van der Waals surface area contributed by atoms with Gasteiger partial charge in [0.2, 0.25) is 0 Å². The molecule has 0 fully saturated rings. The maximum atomic E-state index is 13.8. The van der Waals surface area contributed by atoms with Gasteiger partial charge in [0.1, 0.15) is 11.5 Å². The molecule has 0 bridgehead atoms. The van der Waals surface area contributed by atoms with Crippen molar-refractivity contribution in [1.82, 2.24) is 5.01 Å². The second-order valence-electron chi connectivity index (χ2n) is 5.54. The average Bonchev–Trinajstić information content (AvgIpc) is 2.62. The molecule has 0 amide bonds. The van der Waals surface area contributed by atoms with E-state index in [1.54, 1.807) is 17.1 Å². The fraction of sp³-hybridized carbons (Fsp3) is 0.250. The molecular formula is C20H19ClFN3O. The van der Waals surface area contributed by atoms with Crippen molar-refractivity contribution in [3.63, 3.8) is 0 Å². The number of carbonyl (C=O) groups excluding carboxylic acids is 1. The maximum Gasteiger partial charge on any atom is 0.160 e. The maximum absolute atomic E-state index is 13.8. The van der Waals surface area contributed by atoms with E-state index >= 15 is 0 Å². The lowest BCUT2D eigenvalue weighted by Crippen LogP contribution is -2.14. The van der Waals surface area contributed by atoms with Gasteiger partial charge in [-0.25, -0.2) is 4.39 Å². The molecule has 0 spiro atoms. The Balaban J connectivity index is 2.85. The summed E-state index contributed by atoms with van der Waals surface area (Å²) >= 11 is 6.27. The molecule has 0 N–H and O–H groups in total. The molecule has 0 atom stereocenters. The highest BCUT2D eigenvalue weighted by molar-refractivity contribution is 6.33. The molecule has 2 aromatic carbocycles. The highest BCUT2D eigenvalue weighted by Crippen LogP contribution is 2.41. The predicted octanol–water partition coefficient (Wildman–Crippen LogP) is 5.67. The Morgan fingerprint density at radius 3 is 2.54 bits per heavy atom. The molecule has 0 radical (unpaired) electrons. The minimum atomic E-state index is -0.430. The van der Waals surface area contributed by atoms with Gasteiger partial charge in [0.15, 0.2) is 5.78 Å². The van der Waals surface area contributed by atoms with Gasteiger partial charge in [-0.2, -0.15) is 0 Å². The standard InChI is InChI=1S/C20H19ClFN3O/c1-5-16-18(21)12-17(13(4)26)19(14-9-8-10-15(22)11-14)20(16)23-24-25(6-2)7-3/h1,8-12H,6-7H2,2-4H3. The van der Waals surface area contributed by atoms with Crippen molar-refractivity contribution in [2.75, 3.05) is 13.1 Å². The summed E-state index contributed by atoms with van der Waals surface area (Å²) in [5.41, 5.74) is 1.81. The van der Waals surface area contributed by atoms with E-state index in [0.717, 1.165) is 0 Å². The van der Waals surface area contributed by atoms with Crippen LogP contribution in [0.3, 0.4) is 0 Å². The summed E-state index contributed by atoms with van der Waals surface area (Å²) in [6.07, 6.45) is 5.62. The van der Waals surface area contributed by atoms with Gasteiger partial charge in [0.05, 0.1) is 10.6 Å². The van der Waals surface area contributed by atoms with Crippen molar-refractivity contribution in [1.29, 1.82) is 0 Å². The Hall–Kier alpha value is -2.71. The van der Waals surface area contributed by atoms with Gasteiger partial charge >= 0.3 is 0 Å². The van der Waals surface area contributed by atoms with Crippen molar-refractivity contribution in [3.8, 4) is 23.5 Å². The lowest BCUT2D eigenvalue weighted by atomic mass is 9.93. The first-order chi connectivity index (χ1) is 12.4. The fourth-order valence-electron chi connectivity index (χ4n) is 2.55. The number of nitrogens with zero attached hydrogens (tertiary/aromatic N) is 3. The van der Waals surface area contributed by atoms with Gasteiger partial charge < -0.3 is 0 Å². The van der Waals surface area contributed by atoms with Crippen molar-refractivity contribution in [3.05, 3.63) is 52.3 Å². The first kappa shape index (κ1) is 19.6. The Morgan fingerprint density at radius 2 is 2.00 bits per heavy atom. The number of hydrogen-bond donors (Lipinski definition) is 0. The van der Waals surface area contributed by atoms with Gasteiger partial charge in [-0.05, 0) is 44.5 Å². The van der Waals surface area contributed by atoms with E-state index < -0.39 is 5.82 Å². The van der Waals surface area contributed by atoms with E-state index in [1.165, 1.54) is 25.1 Å². The molecule has 0 saturated heterocycles. The van der Waals surface area contributed by atoms with Crippen LogP contribution in [0.1, 0.15) is 36.7 Å². The Kier molecular flexibility index (Phi) is 6.48. The molecule has 0 aromatic heterocycles. The van der Waals surface area contributed by atoms with E-state index in [2.05, 4.69) is 16.3 Å². The van der Waals surface area contributed by atoms with Gasteiger partial charge in [-0.3, -0.25) is 9.80 Å². The lowest BCUT2D eigenvalue weighted by Gasteiger charge is -2.16. The normalized spacial score (nSPS) is 10.8. The summed E-state index contributed by atoms with van der Waals surface area (Å²) in [5.74, 6) is 1.85. The summed E-state index contributed by atoms with van der Waals surface area (Å²) < 4.78 is 13.8. The molecule has 0 heterocycles. The van der Waals surface area contributed by atoms with Gasteiger partial charge in [0, 0.05) is 24.2 Å². The smallest absolute Gasteiger partial charge is 0.160 e. The Morgan fingerprint density at radius 1 is 1.31 bits per heavy atom. The number of carbonyl (C=O) groups is 1. The number of benzene rings is 2. The largest absolute Gasteiger partial charge is 0.294 e. The van der Waals surface area contributed by atoms with E-state index in [1.807, 2.05) is 13.8 Å². The summed E-state index contributed by atoms with van der Waals surface area (Å²) in [5, 5.41) is 10.4. The molecule has 0 aliphatic heterocycles. The van der Waals surface area contributed by atoms with E-state index in [9.17, 15) is 9.18 Å². The molecule has 0 saturated carbocycles. The van der Waals surface area contributed by atoms with Crippen molar-refractivity contribution in [2.24, 2.45) is 10.3 Å². The van der Waals surface area contributed by atoms with Crippen LogP contribution in [-0.2, 0) is 0 Å².